The molecular formula is C11H17NO. The van der Waals surface area contributed by atoms with Crippen LogP contribution in [0.25, 0.3) is 0 Å². The second-order valence-corrected chi connectivity index (χ2v) is 3.29. The molecule has 1 aromatic rings. The van der Waals surface area contributed by atoms with E-state index in [4.69, 9.17) is 5.73 Å². The van der Waals surface area contributed by atoms with Gasteiger partial charge in [0.15, 0.2) is 0 Å². The van der Waals surface area contributed by atoms with Gasteiger partial charge >= 0.3 is 0 Å². The third-order valence-corrected chi connectivity index (χ3v) is 2.18. The van der Waals surface area contributed by atoms with Crippen LogP contribution in [-0.4, -0.2) is 11.2 Å². The molecule has 0 unspecified atom stereocenters. The van der Waals surface area contributed by atoms with Gasteiger partial charge in [-0.2, -0.15) is 0 Å². The van der Waals surface area contributed by atoms with Crippen molar-refractivity contribution in [2.24, 2.45) is 5.73 Å². The molecule has 1 rings (SSSR count). The first kappa shape index (κ1) is 10.2. The zero-order valence-corrected chi connectivity index (χ0v) is 7.98. The van der Waals surface area contributed by atoms with Gasteiger partial charge in [0.25, 0.3) is 0 Å². The van der Waals surface area contributed by atoms with Crippen molar-refractivity contribution in [3.05, 3.63) is 35.9 Å². The second kappa shape index (κ2) is 5.00. The lowest BCUT2D eigenvalue weighted by Crippen LogP contribution is -2.25. The summed E-state index contributed by atoms with van der Waals surface area (Å²) in [6, 6.07) is 9.47. The standard InChI is InChI=1S/C11H17NO/c1-2-6-10(13)11(12)9-7-4-3-5-8-9/h3-5,7-8,10-11,13H,2,6,12H2,1H3/t10-,11+/m0/s1. The Bertz CT molecular complexity index is 235. The number of nitrogens with two attached hydrogens (primary N) is 1. The number of hydrogen-bond acceptors (Lipinski definition) is 2. The Morgan fingerprint density at radius 2 is 1.92 bits per heavy atom. The molecule has 0 aliphatic rings. The summed E-state index contributed by atoms with van der Waals surface area (Å²) in [5.41, 5.74) is 6.88. The maximum Gasteiger partial charge on any atom is 0.0732 e. The van der Waals surface area contributed by atoms with Crippen LogP contribution in [0.5, 0.6) is 0 Å². The van der Waals surface area contributed by atoms with E-state index in [0.717, 1.165) is 18.4 Å². The molecule has 0 fully saturated rings. The van der Waals surface area contributed by atoms with Crippen molar-refractivity contribution in [2.45, 2.75) is 31.9 Å². The zero-order chi connectivity index (χ0) is 9.68. The first-order valence-electron chi connectivity index (χ1n) is 4.74. The van der Waals surface area contributed by atoms with Crippen molar-refractivity contribution in [1.29, 1.82) is 0 Å². The van der Waals surface area contributed by atoms with Crippen molar-refractivity contribution < 1.29 is 5.11 Å². The van der Waals surface area contributed by atoms with Crippen molar-refractivity contribution >= 4 is 0 Å². The van der Waals surface area contributed by atoms with E-state index in [2.05, 4.69) is 0 Å². The smallest absolute Gasteiger partial charge is 0.0732 e. The van der Waals surface area contributed by atoms with Crippen LogP contribution in [0.2, 0.25) is 0 Å². The minimum Gasteiger partial charge on any atom is -0.391 e. The first-order valence-corrected chi connectivity index (χ1v) is 4.74. The van der Waals surface area contributed by atoms with Crippen LogP contribution in [0, 0.1) is 0 Å². The Morgan fingerprint density at radius 1 is 1.31 bits per heavy atom. The van der Waals surface area contributed by atoms with E-state index in [9.17, 15) is 5.11 Å². The monoisotopic (exact) mass is 179 g/mol. The molecule has 0 bridgehead atoms. The topological polar surface area (TPSA) is 46.2 Å². The molecule has 13 heavy (non-hydrogen) atoms. The van der Waals surface area contributed by atoms with Crippen LogP contribution in [0.15, 0.2) is 30.3 Å². The summed E-state index contributed by atoms with van der Waals surface area (Å²) in [6.45, 7) is 2.04. The molecule has 1 aromatic carbocycles. The van der Waals surface area contributed by atoms with Crippen LogP contribution >= 0.6 is 0 Å². The Labute approximate surface area is 79.4 Å². The molecule has 0 spiro atoms. The van der Waals surface area contributed by atoms with E-state index in [0.29, 0.717) is 0 Å². The van der Waals surface area contributed by atoms with E-state index < -0.39 is 6.10 Å². The second-order valence-electron chi connectivity index (χ2n) is 3.29. The lowest BCUT2D eigenvalue weighted by atomic mass is 9.99. The summed E-state index contributed by atoms with van der Waals surface area (Å²) in [5, 5.41) is 9.65. The highest BCUT2D eigenvalue weighted by molar-refractivity contribution is 5.19. The van der Waals surface area contributed by atoms with Crippen LogP contribution in [0.4, 0.5) is 0 Å². The minimum atomic E-state index is -0.424. The summed E-state index contributed by atoms with van der Waals surface area (Å²) in [7, 11) is 0. The molecule has 2 nitrogen and oxygen atoms in total. The summed E-state index contributed by atoms with van der Waals surface area (Å²) < 4.78 is 0. The minimum absolute atomic E-state index is 0.249. The fourth-order valence-electron chi connectivity index (χ4n) is 1.37. The predicted molar refractivity (Wildman–Crippen MR) is 54.3 cm³/mol. The third kappa shape index (κ3) is 2.83. The van der Waals surface area contributed by atoms with Gasteiger partial charge in [0.05, 0.1) is 12.1 Å². The molecule has 2 atom stereocenters. The van der Waals surface area contributed by atoms with Gasteiger partial charge in [0, 0.05) is 0 Å². The van der Waals surface area contributed by atoms with Crippen molar-refractivity contribution in [3.63, 3.8) is 0 Å². The highest BCUT2D eigenvalue weighted by Crippen LogP contribution is 2.16. The van der Waals surface area contributed by atoms with Gasteiger partial charge in [-0.25, -0.2) is 0 Å². The Morgan fingerprint density at radius 3 is 2.46 bits per heavy atom. The molecular weight excluding hydrogens is 162 g/mol. The normalized spacial score (nSPS) is 15.3. The number of benzene rings is 1. The van der Waals surface area contributed by atoms with Crippen LogP contribution < -0.4 is 5.73 Å². The van der Waals surface area contributed by atoms with Crippen molar-refractivity contribution in [3.8, 4) is 0 Å². The average molecular weight is 179 g/mol. The van der Waals surface area contributed by atoms with Gasteiger partial charge in [0.1, 0.15) is 0 Å². The molecule has 0 heterocycles. The summed E-state index contributed by atoms with van der Waals surface area (Å²) in [5.74, 6) is 0. The molecule has 3 N–H and O–H groups in total. The number of aliphatic hydroxyl groups excluding tert-OH is 1. The van der Waals surface area contributed by atoms with E-state index in [1.54, 1.807) is 0 Å². The summed E-state index contributed by atoms with van der Waals surface area (Å²) in [6.07, 6.45) is 1.30. The van der Waals surface area contributed by atoms with Crippen LogP contribution in [-0.2, 0) is 0 Å². The van der Waals surface area contributed by atoms with Crippen LogP contribution in [0.1, 0.15) is 31.4 Å². The predicted octanol–water partition coefficient (Wildman–Crippen LogP) is 1.85. The van der Waals surface area contributed by atoms with Crippen molar-refractivity contribution in [2.75, 3.05) is 0 Å². The van der Waals surface area contributed by atoms with Gasteiger partial charge in [-0.05, 0) is 12.0 Å². The van der Waals surface area contributed by atoms with Gasteiger partial charge in [-0.15, -0.1) is 0 Å². The molecule has 0 saturated carbocycles. The van der Waals surface area contributed by atoms with Gasteiger partial charge in [-0.3, -0.25) is 0 Å². The fourth-order valence-corrected chi connectivity index (χ4v) is 1.37. The Hall–Kier alpha value is -0.860. The van der Waals surface area contributed by atoms with E-state index in [-0.39, 0.29) is 6.04 Å². The first-order chi connectivity index (χ1) is 6.25. The molecule has 0 aliphatic heterocycles. The van der Waals surface area contributed by atoms with Crippen LogP contribution in [0.3, 0.4) is 0 Å². The molecule has 0 amide bonds. The quantitative estimate of drug-likeness (QED) is 0.741. The molecule has 2 heteroatoms. The maximum atomic E-state index is 9.65. The van der Waals surface area contributed by atoms with E-state index in [1.165, 1.54) is 0 Å². The molecule has 72 valence electrons. The number of rotatable bonds is 4. The van der Waals surface area contributed by atoms with E-state index >= 15 is 0 Å². The Kier molecular flexibility index (Phi) is 3.93. The number of aliphatic hydroxyl groups is 1. The number of hydrogen-bond donors (Lipinski definition) is 2. The van der Waals surface area contributed by atoms with Gasteiger partial charge in [-0.1, -0.05) is 43.7 Å². The fraction of sp³-hybridized carbons (Fsp3) is 0.455. The highest BCUT2D eigenvalue weighted by atomic mass is 16.3. The molecule has 0 radical (unpaired) electrons. The lowest BCUT2D eigenvalue weighted by molar-refractivity contribution is 0.134. The van der Waals surface area contributed by atoms with Crippen molar-refractivity contribution in [1.82, 2.24) is 0 Å². The highest BCUT2D eigenvalue weighted by Gasteiger charge is 2.14. The molecule has 0 saturated heterocycles. The zero-order valence-electron chi connectivity index (χ0n) is 7.98. The average Bonchev–Trinajstić information content (AvgIpc) is 2.18. The summed E-state index contributed by atoms with van der Waals surface area (Å²) >= 11 is 0. The molecule has 0 aliphatic carbocycles. The maximum absolute atomic E-state index is 9.65. The third-order valence-electron chi connectivity index (χ3n) is 2.18. The Balaban J connectivity index is 2.62. The van der Waals surface area contributed by atoms with E-state index in [1.807, 2.05) is 37.3 Å². The summed E-state index contributed by atoms with van der Waals surface area (Å²) in [4.78, 5) is 0. The SMILES string of the molecule is CCC[C@H](O)[C@H](N)c1ccccc1. The van der Waals surface area contributed by atoms with Gasteiger partial charge < -0.3 is 10.8 Å². The molecule has 0 aromatic heterocycles. The van der Waals surface area contributed by atoms with Gasteiger partial charge in [0.2, 0.25) is 0 Å². The largest absolute Gasteiger partial charge is 0.391 e. The lowest BCUT2D eigenvalue weighted by Gasteiger charge is -2.18.